The number of aliphatic imine (C=N–C) groups is 1. The van der Waals surface area contributed by atoms with Crippen molar-refractivity contribution in [3.8, 4) is 0 Å². The molecule has 0 saturated carbocycles. The van der Waals surface area contributed by atoms with Gasteiger partial charge in [0.1, 0.15) is 5.82 Å². The summed E-state index contributed by atoms with van der Waals surface area (Å²) in [6.45, 7) is 2.72. The highest BCUT2D eigenvalue weighted by Gasteiger charge is 2.11. The first kappa shape index (κ1) is 22.5. The van der Waals surface area contributed by atoms with Crippen LogP contribution in [0.25, 0.3) is 0 Å². The van der Waals surface area contributed by atoms with Gasteiger partial charge >= 0.3 is 0 Å². The minimum absolute atomic E-state index is 0.147. The molecule has 0 aliphatic rings. The first-order valence-corrected chi connectivity index (χ1v) is 12.0. The molecule has 162 valence electrons. The highest BCUT2D eigenvalue weighted by atomic mass is 32.2. The van der Waals surface area contributed by atoms with Gasteiger partial charge in [-0.3, -0.25) is 0 Å². The molecule has 0 amide bonds. The standard InChI is InChI=1S/C24H26FN3O2S/c1-18-8-10-19(11-9-18)15-26-24(28-23-6-4-3-5-7-23)27-16-21-14-22(25)13-12-20(21)17-31(2,29)30/h3-14H,15-17H2,1-2H3,(H2,26,27,28). The van der Waals surface area contributed by atoms with E-state index in [0.29, 0.717) is 23.6 Å². The van der Waals surface area contributed by atoms with E-state index in [0.717, 1.165) is 11.3 Å². The van der Waals surface area contributed by atoms with Gasteiger partial charge in [-0.15, -0.1) is 0 Å². The van der Waals surface area contributed by atoms with Gasteiger partial charge in [-0.05, 0) is 47.9 Å². The van der Waals surface area contributed by atoms with Gasteiger partial charge in [-0.1, -0.05) is 54.1 Å². The molecular weight excluding hydrogens is 413 g/mol. The number of anilines is 1. The Morgan fingerprint density at radius 3 is 2.35 bits per heavy atom. The number of nitrogens with one attached hydrogen (secondary N) is 2. The van der Waals surface area contributed by atoms with Crippen molar-refractivity contribution in [2.75, 3.05) is 11.6 Å². The lowest BCUT2D eigenvalue weighted by Gasteiger charge is -2.15. The summed E-state index contributed by atoms with van der Waals surface area (Å²) in [6.07, 6.45) is 1.17. The first-order valence-electron chi connectivity index (χ1n) is 9.89. The fourth-order valence-corrected chi connectivity index (χ4v) is 3.87. The molecule has 0 unspecified atom stereocenters. The zero-order valence-electron chi connectivity index (χ0n) is 17.6. The van der Waals surface area contributed by atoms with E-state index >= 15 is 0 Å². The van der Waals surface area contributed by atoms with Crippen LogP contribution < -0.4 is 10.6 Å². The van der Waals surface area contributed by atoms with E-state index in [-0.39, 0.29) is 12.3 Å². The van der Waals surface area contributed by atoms with Gasteiger partial charge in [-0.25, -0.2) is 17.8 Å². The van der Waals surface area contributed by atoms with Gasteiger partial charge in [0.15, 0.2) is 15.8 Å². The summed E-state index contributed by atoms with van der Waals surface area (Å²) in [5.74, 6) is -0.0451. The van der Waals surface area contributed by atoms with Crippen molar-refractivity contribution in [2.45, 2.75) is 25.8 Å². The molecule has 3 aromatic carbocycles. The van der Waals surface area contributed by atoms with Crippen LogP contribution >= 0.6 is 0 Å². The molecular formula is C24H26FN3O2S. The van der Waals surface area contributed by atoms with Crippen molar-refractivity contribution in [1.29, 1.82) is 0 Å². The van der Waals surface area contributed by atoms with Crippen LogP contribution in [0.3, 0.4) is 0 Å². The van der Waals surface area contributed by atoms with E-state index in [9.17, 15) is 12.8 Å². The third-order valence-corrected chi connectivity index (χ3v) is 5.44. The van der Waals surface area contributed by atoms with Crippen molar-refractivity contribution in [2.24, 2.45) is 4.99 Å². The molecule has 0 heterocycles. The van der Waals surface area contributed by atoms with Gasteiger partial charge in [0.05, 0.1) is 12.3 Å². The second kappa shape index (κ2) is 10.2. The molecule has 5 nitrogen and oxygen atoms in total. The van der Waals surface area contributed by atoms with E-state index in [4.69, 9.17) is 0 Å². The van der Waals surface area contributed by atoms with Gasteiger partial charge in [0, 0.05) is 18.5 Å². The van der Waals surface area contributed by atoms with Crippen molar-refractivity contribution in [3.63, 3.8) is 0 Å². The number of nitrogens with zero attached hydrogens (tertiary/aromatic N) is 1. The fourth-order valence-electron chi connectivity index (χ4n) is 3.02. The van der Waals surface area contributed by atoms with Crippen molar-refractivity contribution < 1.29 is 12.8 Å². The molecule has 0 atom stereocenters. The average molecular weight is 440 g/mol. The molecule has 2 N–H and O–H groups in total. The Bertz CT molecular complexity index is 1150. The summed E-state index contributed by atoms with van der Waals surface area (Å²) in [4.78, 5) is 4.64. The maximum absolute atomic E-state index is 13.8. The second-order valence-corrected chi connectivity index (χ2v) is 9.62. The van der Waals surface area contributed by atoms with Crippen LogP contribution in [0.15, 0.2) is 77.8 Å². The van der Waals surface area contributed by atoms with E-state index in [1.54, 1.807) is 0 Å². The number of hydrogen-bond donors (Lipinski definition) is 2. The Labute approximate surface area is 183 Å². The molecule has 0 fully saturated rings. The molecule has 0 spiro atoms. The van der Waals surface area contributed by atoms with Gasteiger partial charge < -0.3 is 10.6 Å². The molecule has 0 bridgehead atoms. The molecule has 0 saturated heterocycles. The maximum Gasteiger partial charge on any atom is 0.196 e. The summed E-state index contributed by atoms with van der Waals surface area (Å²) in [6, 6.07) is 21.8. The first-order chi connectivity index (χ1) is 14.8. The minimum Gasteiger partial charge on any atom is -0.352 e. The van der Waals surface area contributed by atoms with E-state index in [2.05, 4.69) is 15.6 Å². The van der Waals surface area contributed by atoms with E-state index in [1.807, 2.05) is 61.5 Å². The highest BCUT2D eigenvalue weighted by Crippen LogP contribution is 2.15. The molecule has 7 heteroatoms. The van der Waals surface area contributed by atoms with Crippen LogP contribution in [0.1, 0.15) is 22.3 Å². The minimum atomic E-state index is -3.25. The van der Waals surface area contributed by atoms with Crippen LogP contribution in [-0.2, 0) is 28.7 Å². The topological polar surface area (TPSA) is 70.6 Å². The van der Waals surface area contributed by atoms with Crippen LogP contribution in [0.2, 0.25) is 0 Å². The number of halogens is 1. The quantitative estimate of drug-likeness (QED) is 0.422. The molecule has 0 aliphatic carbocycles. The number of para-hydroxylation sites is 1. The number of rotatable bonds is 7. The SMILES string of the molecule is Cc1ccc(CN=C(NCc2cc(F)ccc2CS(C)(=O)=O)Nc2ccccc2)cc1. The number of aryl methyl sites for hydroxylation is 1. The Kier molecular flexibility index (Phi) is 7.41. The molecule has 31 heavy (non-hydrogen) atoms. The molecule has 0 aliphatic heterocycles. The van der Waals surface area contributed by atoms with Crippen molar-refractivity contribution >= 4 is 21.5 Å². The Balaban J connectivity index is 1.80. The lowest BCUT2D eigenvalue weighted by Crippen LogP contribution is -2.31. The largest absolute Gasteiger partial charge is 0.352 e. The Morgan fingerprint density at radius 2 is 1.68 bits per heavy atom. The molecule has 0 aromatic heterocycles. The zero-order valence-corrected chi connectivity index (χ0v) is 18.4. The Morgan fingerprint density at radius 1 is 0.968 bits per heavy atom. The van der Waals surface area contributed by atoms with Crippen molar-refractivity contribution in [3.05, 3.63) is 101 Å². The average Bonchev–Trinajstić information content (AvgIpc) is 2.73. The van der Waals surface area contributed by atoms with Crippen LogP contribution in [0.5, 0.6) is 0 Å². The number of hydrogen-bond acceptors (Lipinski definition) is 3. The molecule has 0 radical (unpaired) electrons. The predicted octanol–water partition coefficient (Wildman–Crippen LogP) is 4.44. The molecule has 3 rings (SSSR count). The van der Waals surface area contributed by atoms with Crippen LogP contribution in [-0.4, -0.2) is 20.6 Å². The van der Waals surface area contributed by atoms with Gasteiger partial charge in [-0.2, -0.15) is 0 Å². The van der Waals surface area contributed by atoms with E-state index < -0.39 is 15.7 Å². The summed E-state index contributed by atoms with van der Waals surface area (Å²) in [5, 5.41) is 6.44. The van der Waals surface area contributed by atoms with Crippen molar-refractivity contribution in [1.82, 2.24) is 5.32 Å². The number of guanidine groups is 1. The van der Waals surface area contributed by atoms with E-state index in [1.165, 1.54) is 30.0 Å². The maximum atomic E-state index is 13.8. The lowest BCUT2D eigenvalue weighted by atomic mass is 10.1. The van der Waals surface area contributed by atoms with Gasteiger partial charge in [0.25, 0.3) is 0 Å². The second-order valence-electron chi connectivity index (χ2n) is 7.48. The van der Waals surface area contributed by atoms with Crippen LogP contribution in [0, 0.1) is 12.7 Å². The number of sulfone groups is 1. The summed E-state index contributed by atoms with van der Waals surface area (Å²) < 4.78 is 37.3. The third-order valence-electron chi connectivity index (χ3n) is 4.61. The monoisotopic (exact) mass is 439 g/mol. The lowest BCUT2D eigenvalue weighted by molar-refractivity contribution is 0.600. The molecule has 3 aromatic rings. The highest BCUT2D eigenvalue weighted by molar-refractivity contribution is 7.89. The fraction of sp³-hybridized carbons (Fsp3) is 0.208. The summed E-state index contributed by atoms with van der Waals surface area (Å²) in [5.41, 5.74) is 4.23. The normalized spacial score (nSPS) is 11.9. The summed E-state index contributed by atoms with van der Waals surface area (Å²) >= 11 is 0. The van der Waals surface area contributed by atoms with Crippen LogP contribution in [0.4, 0.5) is 10.1 Å². The third kappa shape index (κ3) is 7.53. The summed E-state index contributed by atoms with van der Waals surface area (Å²) in [7, 11) is -3.25. The zero-order chi connectivity index (χ0) is 22.3. The number of benzene rings is 3. The predicted molar refractivity (Wildman–Crippen MR) is 124 cm³/mol. The Hall–Kier alpha value is -3.19. The smallest absolute Gasteiger partial charge is 0.196 e. The van der Waals surface area contributed by atoms with Gasteiger partial charge in [0.2, 0.25) is 0 Å².